The fourth-order valence-corrected chi connectivity index (χ4v) is 5.86. The zero-order valence-electron chi connectivity index (χ0n) is 20.6. The van der Waals surface area contributed by atoms with Crippen molar-refractivity contribution >= 4 is 8.32 Å². The average molecular weight is 422 g/mol. The Kier molecular flexibility index (Phi) is 10.5. The van der Waals surface area contributed by atoms with Crippen LogP contribution in [-0.2, 0) is 4.43 Å². The average Bonchev–Trinajstić information content (AvgIpc) is 2.58. The Morgan fingerprint density at radius 3 is 2.38 bits per heavy atom. The van der Waals surface area contributed by atoms with Crippen molar-refractivity contribution < 1.29 is 4.43 Å². The molecule has 168 valence electrons. The lowest BCUT2D eigenvalue weighted by atomic mass is 9.70. The van der Waals surface area contributed by atoms with E-state index in [4.69, 9.17) is 9.96 Å². The summed E-state index contributed by atoms with van der Waals surface area (Å²) in [5.74, 6) is 2.89. The first-order valence-electron chi connectivity index (χ1n) is 11.8. The van der Waals surface area contributed by atoms with Gasteiger partial charge >= 0.3 is 0 Å². The highest BCUT2D eigenvalue weighted by Gasteiger charge is 2.38. The van der Waals surface area contributed by atoms with Gasteiger partial charge in [0.2, 0.25) is 0 Å². The Morgan fingerprint density at radius 2 is 1.83 bits per heavy atom. The highest BCUT2D eigenvalue weighted by atomic mass is 28.4. The van der Waals surface area contributed by atoms with Crippen LogP contribution in [0.1, 0.15) is 87.0 Å². The Balaban J connectivity index is 2.60. The standard InChI is InChI=1S/C24H47N3OSi/c1-18(2)23-16-13-19(3)17-21(23)14-15-22(26-27-25)12-10-11-20(4)28-29(8,9)24(5,6)7/h14-15,18-23H,10-13,16-17H2,1-9H3/b15-14+/t19-,20?,21-,22+,23+/m1/s1. The minimum absolute atomic E-state index is 0.0369. The second-order valence-corrected chi connectivity index (χ2v) is 16.0. The molecule has 1 fully saturated rings. The van der Waals surface area contributed by atoms with Gasteiger partial charge < -0.3 is 4.43 Å². The smallest absolute Gasteiger partial charge is 0.192 e. The van der Waals surface area contributed by atoms with Crippen LogP contribution in [-0.4, -0.2) is 20.5 Å². The first-order valence-corrected chi connectivity index (χ1v) is 14.7. The molecule has 1 aliphatic carbocycles. The molecule has 0 aromatic heterocycles. The zero-order valence-corrected chi connectivity index (χ0v) is 21.6. The maximum atomic E-state index is 9.01. The third-order valence-corrected chi connectivity index (χ3v) is 11.9. The van der Waals surface area contributed by atoms with Crippen molar-refractivity contribution in [2.24, 2.45) is 28.8 Å². The summed E-state index contributed by atoms with van der Waals surface area (Å²) < 4.78 is 6.47. The van der Waals surface area contributed by atoms with Gasteiger partial charge in [0.1, 0.15) is 0 Å². The van der Waals surface area contributed by atoms with Gasteiger partial charge in [-0.25, -0.2) is 0 Å². The molecule has 5 heteroatoms. The number of rotatable bonds is 10. The Labute approximate surface area is 181 Å². The summed E-state index contributed by atoms with van der Waals surface area (Å²) in [6.45, 7) is 20.7. The summed E-state index contributed by atoms with van der Waals surface area (Å²) in [7, 11) is -1.72. The van der Waals surface area contributed by atoms with Gasteiger partial charge in [0.15, 0.2) is 8.32 Å². The molecule has 0 spiro atoms. The van der Waals surface area contributed by atoms with Gasteiger partial charge in [-0.2, -0.15) is 0 Å². The van der Waals surface area contributed by atoms with E-state index in [9.17, 15) is 0 Å². The molecule has 0 bridgehead atoms. The van der Waals surface area contributed by atoms with Crippen LogP contribution in [0.15, 0.2) is 17.3 Å². The molecule has 0 heterocycles. The van der Waals surface area contributed by atoms with E-state index in [0.29, 0.717) is 11.8 Å². The number of nitrogens with zero attached hydrogens (tertiary/aromatic N) is 3. The van der Waals surface area contributed by atoms with Crippen molar-refractivity contribution in [3.63, 3.8) is 0 Å². The predicted molar refractivity (Wildman–Crippen MR) is 129 cm³/mol. The first kappa shape index (κ1) is 26.3. The zero-order chi connectivity index (χ0) is 22.2. The summed E-state index contributed by atoms with van der Waals surface area (Å²) >= 11 is 0. The van der Waals surface area contributed by atoms with Gasteiger partial charge in [0.25, 0.3) is 0 Å². The third kappa shape index (κ3) is 8.86. The van der Waals surface area contributed by atoms with Crippen LogP contribution in [0, 0.1) is 23.7 Å². The molecule has 0 aromatic carbocycles. The van der Waals surface area contributed by atoms with Gasteiger partial charge in [-0.3, -0.25) is 0 Å². The molecule has 0 radical (unpaired) electrons. The maximum Gasteiger partial charge on any atom is 0.192 e. The van der Waals surface area contributed by atoms with Gasteiger partial charge in [-0.05, 0) is 79.9 Å². The maximum absolute atomic E-state index is 9.01. The SMILES string of the molecule is CC(CCC[C@@H](/C=C/[C@@H]1C[C@H](C)CC[C@H]1C(C)C)N=[N+]=[N-])O[Si](C)(C)C(C)(C)C. The molecule has 0 amide bonds. The van der Waals surface area contributed by atoms with E-state index in [1.165, 1.54) is 19.3 Å². The number of hydrogen-bond acceptors (Lipinski definition) is 2. The number of hydrogen-bond donors (Lipinski definition) is 0. The van der Waals surface area contributed by atoms with Crippen LogP contribution in [0.5, 0.6) is 0 Å². The van der Waals surface area contributed by atoms with Gasteiger partial charge in [-0.1, -0.05) is 71.7 Å². The number of azide groups is 1. The molecule has 0 saturated heterocycles. The molecule has 5 atom stereocenters. The second kappa shape index (κ2) is 11.6. The molecule has 0 N–H and O–H groups in total. The molecule has 1 aliphatic rings. The van der Waals surface area contributed by atoms with Gasteiger partial charge in [-0.15, -0.1) is 0 Å². The fourth-order valence-electron chi connectivity index (χ4n) is 4.38. The topological polar surface area (TPSA) is 58.0 Å². The van der Waals surface area contributed by atoms with Crippen LogP contribution in [0.4, 0.5) is 0 Å². The molecule has 1 unspecified atom stereocenters. The van der Waals surface area contributed by atoms with E-state index < -0.39 is 8.32 Å². The predicted octanol–water partition coefficient (Wildman–Crippen LogP) is 8.51. The number of allylic oxidation sites excluding steroid dienone is 1. The summed E-state index contributed by atoms with van der Waals surface area (Å²) in [5, 5.41) is 4.31. The molecule has 1 saturated carbocycles. The van der Waals surface area contributed by atoms with E-state index in [2.05, 4.69) is 83.7 Å². The second-order valence-electron chi connectivity index (χ2n) is 11.3. The van der Waals surface area contributed by atoms with E-state index >= 15 is 0 Å². The molecule has 0 aromatic rings. The largest absolute Gasteiger partial charge is 0.414 e. The minimum Gasteiger partial charge on any atom is -0.414 e. The van der Waals surface area contributed by atoms with Crippen LogP contribution in [0.3, 0.4) is 0 Å². The monoisotopic (exact) mass is 421 g/mol. The molecule has 1 rings (SSSR count). The molecular weight excluding hydrogens is 374 g/mol. The highest BCUT2D eigenvalue weighted by molar-refractivity contribution is 6.74. The van der Waals surface area contributed by atoms with Gasteiger partial charge in [0, 0.05) is 11.0 Å². The Morgan fingerprint density at radius 1 is 1.17 bits per heavy atom. The van der Waals surface area contributed by atoms with Crippen LogP contribution in [0.2, 0.25) is 18.1 Å². The van der Waals surface area contributed by atoms with Crippen LogP contribution < -0.4 is 0 Å². The lowest BCUT2D eigenvalue weighted by molar-refractivity contribution is 0.178. The summed E-state index contributed by atoms with van der Waals surface area (Å²) in [4.78, 5) is 3.11. The van der Waals surface area contributed by atoms with Crippen molar-refractivity contribution in [1.82, 2.24) is 0 Å². The summed E-state index contributed by atoms with van der Waals surface area (Å²) in [6.07, 6.45) is 11.7. The normalized spacial score (nSPS) is 25.8. The minimum atomic E-state index is -1.72. The Bertz CT molecular complexity index is 561. The molecule has 29 heavy (non-hydrogen) atoms. The van der Waals surface area contributed by atoms with Crippen LogP contribution >= 0.6 is 0 Å². The van der Waals surface area contributed by atoms with Crippen molar-refractivity contribution in [2.45, 2.75) is 117 Å². The highest BCUT2D eigenvalue weighted by Crippen LogP contribution is 2.39. The van der Waals surface area contributed by atoms with Crippen molar-refractivity contribution in [1.29, 1.82) is 0 Å². The van der Waals surface area contributed by atoms with E-state index in [-0.39, 0.29) is 17.2 Å². The van der Waals surface area contributed by atoms with E-state index in [0.717, 1.165) is 31.1 Å². The first-order chi connectivity index (χ1) is 13.4. The summed E-state index contributed by atoms with van der Waals surface area (Å²) in [5.41, 5.74) is 9.01. The molecule has 4 nitrogen and oxygen atoms in total. The lowest BCUT2D eigenvalue weighted by Gasteiger charge is -2.38. The van der Waals surface area contributed by atoms with E-state index in [1.807, 2.05) is 0 Å². The van der Waals surface area contributed by atoms with Crippen molar-refractivity contribution in [3.05, 3.63) is 22.6 Å². The third-order valence-electron chi connectivity index (χ3n) is 7.27. The molecule has 0 aliphatic heterocycles. The van der Waals surface area contributed by atoms with Gasteiger partial charge in [0.05, 0.1) is 6.04 Å². The quantitative estimate of drug-likeness (QED) is 0.115. The Hall–Kier alpha value is -0.773. The van der Waals surface area contributed by atoms with Crippen molar-refractivity contribution in [3.8, 4) is 0 Å². The summed E-state index contributed by atoms with van der Waals surface area (Å²) in [6, 6.07) is -0.0369. The lowest BCUT2D eigenvalue weighted by Crippen LogP contribution is -2.43. The molecular formula is C24H47N3OSi. The van der Waals surface area contributed by atoms with Crippen LogP contribution in [0.25, 0.3) is 10.4 Å². The fraction of sp³-hybridized carbons (Fsp3) is 0.917. The van der Waals surface area contributed by atoms with E-state index in [1.54, 1.807) is 0 Å². The van der Waals surface area contributed by atoms with Crippen molar-refractivity contribution in [2.75, 3.05) is 0 Å².